The molecule has 1 unspecified atom stereocenters. The van der Waals surface area contributed by atoms with Crippen molar-refractivity contribution in [2.24, 2.45) is 7.05 Å². The molecule has 162 valence electrons. The second-order valence-electron chi connectivity index (χ2n) is 7.24. The zero-order valence-electron chi connectivity index (χ0n) is 16.8. The number of nitrogens with zero attached hydrogens (tertiary/aromatic N) is 3. The molecule has 4 rings (SSSR count). The van der Waals surface area contributed by atoms with E-state index in [1.54, 1.807) is 11.6 Å². The lowest BCUT2D eigenvalue weighted by atomic mass is 10.1. The first-order chi connectivity index (χ1) is 14.8. The molecule has 0 bridgehead atoms. The van der Waals surface area contributed by atoms with Crippen LogP contribution >= 0.6 is 11.6 Å². The fourth-order valence-corrected chi connectivity index (χ4v) is 4.04. The first-order valence-corrected chi connectivity index (χ1v) is 9.95. The van der Waals surface area contributed by atoms with Gasteiger partial charge in [-0.1, -0.05) is 11.6 Å². The highest BCUT2D eigenvalue weighted by molar-refractivity contribution is 6.31. The number of benzene rings is 1. The lowest BCUT2D eigenvalue weighted by Gasteiger charge is -2.15. The van der Waals surface area contributed by atoms with Crippen molar-refractivity contribution in [2.45, 2.75) is 32.4 Å². The highest BCUT2D eigenvalue weighted by Crippen LogP contribution is 2.38. The molecule has 31 heavy (non-hydrogen) atoms. The number of H-pyrrole nitrogens is 1. The molecule has 0 spiro atoms. The van der Waals surface area contributed by atoms with Crippen molar-refractivity contribution in [3.63, 3.8) is 0 Å². The zero-order valence-corrected chi connectivity index (χ0v) is 17.6. The molecule has 0 fully saturated rings. The number of hydrogen-bond donors (Lipinski definition) is 3. The third-order valence-electron chi connectivity index (χ3n) is 5.37. The number of rotatable bonds is 5. The van der Waals surface area contributed by atoms with Gasteiger partial charge in [0.1, 0.15) is 23.8 Å². The number of aromatic nitrogens is 4. The predicted molar refractivity (Wildman–Crippen MR) is 110 cm³/mol. The smallest absolute Gasteiger partial charge is 0.408 e. The first kappa shape index (κ1) is 20.9. The molecule has 1 aromatic carbocycles. The van der Waals surface area contributed by atoms with Crippen molar-refractivity contribution < 1.29 is 18.7 Å². The van der Waals surface area contributed by atoms with E-state index in [4.69, 9.17) is 16.3 Å². The maximum atomic E-state index is 13.4. The number of alkyl carbamates (subject to hydrolysis) is 1. The average molecular weight is 447 g/mol. The van der Waals surface area contributed by atoms with Gasteiger partial charge in [0, 0.05) is 18.4 Å². The van der Waals surface area contributed by atoms with Crippen molar-refractivity contribution in [1.82, 2.24) is 25.3 Å². The van der Waals surface area contributed by atoms with E-state index >= 15 is 0 Å². The maximum Gasteiger partial charge on any atom is 0.408 e. The second kappa shape index (κ2) is 8.38. The Morgan fingerprint density at radius 2 is 2.23 bits per heavy atom. The van der Waals surface area contributed by atoms with Gasteiger partial charge in [0.15, 0.2) is 0 Å². The lowest BCUT2D eigenvalue weighted by molar-refractivity contribution is 0.101. The van der Waals surface area contributed by atoms with Crippen LogP contribution in [0.3, 0.4) is 0 Å². The number of anilines is 1. The quantitative estimate of drug-likeness (QED) is 0.555. The largest absolute Gasteiger partial charge is 0.443 e. The molecule has 1 aliphatic carbocycles. The van der Waals surface area contributed by atoms with Gasteiger partial charge in [-0.05, 0) is 49.1 Å². The first-order valence-electron chi connectivity index (χ1n) is 9.57. The fraction of sp³-hybridized carbons (Fsp3) is 0.300. The number of carbonyl (C=O) groups is 2. The van der Waals surface area contributed by atoms with Crippen molar-refractivity contribution in [2.75, 3.05) is 5.32 Å². The van der Waals surface area contributed by atoms with Gasteiger partial charge in [0.2, 0.25) is 0 Å². The van der Waals surface area contributed by atoms with Crippen LogP contribution in [-0.2, 0) is 24.8 Å². The molecular formula is C20H20ClFN6O3. The molecule has 11 heteroatoms. The van der Waals surface area contributed by atoms with Crippen molar-refractivity contribution in [3.05, 3.63) is 63.4 Å². The molecular weight excluding hydrogens is 427 g/mol. The van der Waals surface area contributed by atoms with E-state index in [1.165, 1.54) is 24.4 Å². The Kier molecular flexibility index (Phi) is 5.64. The predicted octanol–water partition coefficient (Wildman–Crippen LogP) is 3.41. The summed E-state index contributed by atoms with van der Waals surface area (Å²) >= 11 is 5.81. The topological polar surface area (TPSA) is 114 Å². The van der Waals surface area contributed by atoms with Crippen molar-refractivity contribution in [3.8, 4) is 0 Å². The Balaban J connectivity index is 1.49. The summed E-state index contributed by atoms with van der Waals surface area (Å²) in [6, 6.07) is 3.74. The number of fused-ring (bicyclic) bond motifs is 1. The van der Waals surface area contributed by atoms with Crippen LogP contribution in [0.4, 0.5) is 14.9 Å². The number of hydrogen-bond acceptors (Lipinski definition) is 5. The summed E-state index contributed by atoms with van der Waals surface area (Å²) < 4.78 is 20.4. The molecule has 0 saturated heterocycles. The van der Waals surface area contributed by atoms with E-state index in [9.17, 15) is 14.0 Å². The number of aromatic amines is 1. The SMILES string of the molecule is Cc1c2c(c(C(=O)Nc3ccc(F)c(Cl)c3)n1C)CCC2NC(=O)OCc1cn[nH]n1. The average Bonchev–Trinajstić information content (AvgIpc) is 3.44. The third-order valence-corrected chi connectivity index (χ3v) is 5.66. The van der Waals surface area contributed by atoms with Crippen molar-refractivity contribution in [1.29, 1.82) is 0 Å². The van der Waals surface area contributed by atoms with Gasteiger partial charge in [-0.3, -0.25) is 4.79 Å². The normalized spacial score (nSPS) is 14.9. The van der Waals surface area contributed by atoms with Crippen LogP contribution in [0.25, 0.3) is 0 Å². The Labute approximate surface area is 181 Å². The van der Waals surface area contributed by atoms with E-state index in [0.29, 0.717) is 29.9 Å². The Bertz CT molecular complexity index is 1140. The van der Waals surface area contributed by atoms with Crippen LogP contribution in [0.1, 0.15) is 45.5 Å². The minimum Gasteiger partial charge on any atom is -0.443 e. The molecule has 3 N–H and O–H groups in total. The minimum absolute atomic E-state index is 0.00354. The Hall–Kier alpha value is -3.40. The summed E-state index contributed by atoms with van der Waals surface area (Å²) in [5.74, 6) is -0.886. The summed E-state index contributed by atoms with van der Waals surface area (Å²) in [4.78, 5) is 25.2. The van der Waals surface area contributed by atoms with E-state index < -0.39 is 11.9 Å². The number of amides is 2. The molecule has 1 aliphatic rings. The van der Waals surface area contributed by atoms with Gasteiger partial charge in [0.05, 0.1) is 17.3 Å². The van der Waals surface area contributed by atoms with Crippen molar-refractivity contribution >= 4 is 29.3 Å². The molecule has 2 aromatic heterocycles. The number of halogens is 2. The molecule has 2 amide bonds. The molecule has 3 aromatic rings. The Morgan fingerprint density at radius 1 is 1.42 bits per heavy atom. The Morgan fingerprint density at radius 3 is 2.94 bits per heavy atom. The fourth-order valence-electron chi connectivity index (χ4n) is 3.86. The third kappa shape index (κ3) is 4.11. The highest BCUT2D eigenvalue weighted by Gasteiger charge is 2.34. The van der Waals surface area contributed by atoms with Crippen LogP contribution in [0.5, 0.6) is 0 Å². The minimum atomic E-state index is -0.573. The molecule has 1 atom stereocenters. The second-order valence-corrected chi connectivity index (χ2v) is 7.65. The van der Waals surface area contributed by atoms with Gasteiger partial charge < -0.3 is 19.9 Å². The van der Waals surface area contributed by atoms with Crippen LogP contribution in [0.15, 0.2) is 24.4 Å². The number of ether oxygens (including phenoxy) is 1. The summed E-state index contributed by atoms with van der Waals surface area (Å²) in [5.41, 5.74) is 4.05. The standard InChI is InChI=1S/C20H20ClFN6O3/c1-10-17-13(4-6-16(17)25-20(30)31-9-12-8-23-27-26-12)18(28(10)2)19(29)24-11-3-5-15(22)14(21)7-11/h3,5,7-8,16H,4,6,9H2,1-2H3,(H,24,29)(H,25,30)(H,23,26,27). The van der Waals surface area contributed by atoms with Crippen LogP contribution in [0.2, 0.25) is 5.02 Å². The summed E-state index contributed by atoms with van der Waals surface area (Å²) in [5, 5.41) is 15.5. The molecule has 2 heterocycles. The van der Waals surface area contributed by atoms with Crippen LogP contribution in [0, 0.1) is 12.7 Å². The highest BCUT2D eigenvalue weighted by atomic mass is 35.5. The zero-order chi connectivity index (χ0) is 22.1. The van der Waals surface area contributed by atoms with E-state index in [2.05, 4.69) is 26.0 Å². The van der Waals surface area contributed by atoms with Gasteiger partial charge in [0.25, 0.3) is 5.91 Å². The van der Waals surface area contributed by atoms with Crippen LogP contribution < -0.4 is 10.6 Å². The monoisotopic (exact) mass is 446 g/mol. The molecule has 9 nitrogen and oxygen atoms in total. The van der Waals surface area contributed by atoms with Gasteiger partial charge in [-0.25, -0.2) is 9.18 Å². The van der Waals surface area contributed by atoms with E-state index in [0.717, 1.165) is 16.8 Å². The van der Waals surface area contributed by atoms with E-state index in [-0.39, 0.29) is 23.6 Å². The molecule has 0 radical (unpaired) electrons. The molecule has 0 saturated carbocycles. The lowest BCUT2D eigenvalue weighted by Crippen LogP contribution is -2.28. The molecule has 0 aliphatic heterocycles. The van der Waals surface area contributed by atoms with Gasteiger partial charge in [-0.15, -0.1) is 0 Å². The summed E-state index contributed by atoms with van der Waals surface area (Å²) in [7, 11) is 1.79. The maximum absolute atomic E-state index is 13.4. The van der Waals surface area contributed by atoms with Crippen LogP contribution in [-0.4, -0.2) is 32.0 Å². The van der Waals surface area contributed by atoms with Gasteiger partial charge in [-0.2, -0.15) is 15.4 Å². The number of nitrogens with one attached hydrogen (secondary N) is 3. The van der Waals surface area contributed by atoms with Gasteiger partial charge >= 0.3 is 6.09 Å². The number of carbonyl (C=O) groups excluding carboxylic acids is 2. The van der Waals surface area contributed by atoms with E-state index in [1.807, 2.05) is 6.92 Å². The summed E-state index contributed by atoms with van der Waals surface area (Å²) in [6.45, 7) is 1.90. The summed E-state index contributed by atoms with van der Waals surface area (Å²) in [6.07, 6.45) is 2.17.